The van der Waals surface area contributed by atoms with Crippen molar-refractivity contribution in [3.8, 4) is 6.07 Å². The molecule has 0 unspecified atom stereocenters. The summed E-state index contributed by atoms with van der Waals surface area (Å²) in [5.74, 6) is -0.463. The van der Waals surface area contributed by atoms with Crippen molar-refractivity contribution < 1.29 is 14.3 Å². The van der Waals surface area contributed by atoms with Gasteiger partial charge in [0, 0.05) is 0 Å². The smallest absolute Gasteiger partial charge is 0.338 e. The van der Waals surface area contributed by atoms with Gasteiger partial charge in [-0.15, -0.1) is 0 Å². The average Bonchev–Trinajstić information content (AvgIpc) is 2.50. The van der Waals surface area contributed by atoms with Crippen molar-refractivity contribution in [1.29, 1.82) is 5.26 Å². The summed E-state index contributed by atoms with van der Waals surface area (Å²) < 4.78 is 5.36. The number of unbranched alkanes of at least 4 members (excludes halogenated alkanes) is 1. The third-order valence-electron chi connectivity index (χ3n) is 3.17. The number of carbonyl (C=O) groups excluding carboxylic acids is 2. The molecule has 25 heavy (non-hydrogen) atoms. The summed E-state index contributed by atoms with van der Waals surface area (Å²) in [6.45, 7) is 11.0. The van der Waals surface area contributed by atoms with Crippen molar-refractivity contribution in [2.75, 3.05) is 0 Å². The first kappa shape index (κ1) is 22.6. The van der Waals surface area contributed by atoms with E-state index in [0.717, 1.165) is 18.4 Å². The van der Waals surface area contributed by atoms with Gasteiger partial charge in [0.2, 0.25) is 0 Å². The van der Waals surface area contributed by atoms with Gasteiger partial charge in [0.1, 0.15) is 5.60 Å². The second-order valence-electron chi connectivity index (χ2n) is 6.76. The Bertz CT molecular complexity index is 635. The molecule has 0 amide bonds. The molecule has 0 aromatic carbocycles. The van der Waals surface area contributed by atoms with E-state index >= 15 is 0 Å². The van der Waals surface area contributed by atoms with Gasteiger partial charge in [-0.2, -0.15) is 5.26 Å². The molecule has 0 atom stereocenters. The van der Waals surface area contributed by atoms with Crippen LogP contribution in [0.25, 0.3) is 0 Å². The molecule has 0 spiro atoms. The number of carbonyl (C=O) groups is 2. The lowest BCUT2D eigenvalue weighted by Crippen LogP contribution is -2.24. The third-order valence-corrected chi connectivity index (χ3v) is 3.17. The lowest BCUT2D eigenvalue weighted by Gasteiger charge is -2.19. The minimum absolute atomic E-state index is 0.0726. The normalized spacial score (nSPS) is 13.7. The highest BCUT2D eigenvalue weighted by molar-refractivity contribution is 5.96. The molecule has 0 aliphatic carbocycles. The van der Waals surface area contributed by atoms with E-state index < -0.39 is 5.60 Å². The summed E-state index contributed by atoms with van der Waals surface area (Å²) in [7, 11) is 0. The Morgan fingerprint density at radius 1 is 1.16 bits per heavy atom. The number of ether oxygens (including phenoxy) is 1. The van der Waals surface area contributed by atoms with Crippen molar-refractivity contribution >= 4 is 11.8 Å². The fourth-order valence-electron chi connectivity index (χ4n) is 1.88. The summed E-state index contributed by atoms with van der Waals surface area (Å²) in [5, 5.41) is 8.50. The van der Waals surface area contributed by atoms with Gasteiger partial charge in [-0.05, 0) is 66.0 Å². The van der Waals surface area contributed by atoms with Gasteiger partial charge in [0.25, 0.3) is 0 Å². The first-order valence-corrected chi connectivity index (χ1v) is 8.42. The van der Waals surface area contributed by atoms with Gasteiger partial charge in [-0.3, -0.25) is 4.79 Å². The van der Waals surface area contributed by atoms with E-state index in [0.29, 0.717) is 11.1 Å². The topological polar surface area (TPSA) is 67.2 Å². The highest BCUT2D eigenvalue weighted by atomic mass is 16.6. The molecule has 0 saturated carbocycles. The fraction of sp³-hybridized carbons (Fsp3) is 0.476. The summed E-state index contributed by atoms with van der Waals surface area (Å²) in [6, 6.07) is 1.86. The van der Waals surface area contributed by atoms with Gasteiger partial charge in [-0.25, -0.2) is 4.79 Å². The van der Waals surface area contributed by atoms with Gasteiger partial charge in [-0.1, -0.05) is 29.9 Å². The van der Waals surface area contributed by atoms with E-state index in [1.807, 2.05) is 52.0 Å². The Labute approximate surface area is 151 Å². The number of nitriles is 1. The molecule has 0 N–H and O–H groups in total. The van der Waals surface area contributed by atoms with Crippen LogP contribution in [-0.4, -0.2) is 17.4 Å². The predicted octanol–water partition coefficient (Wildman–Crippen LogP) is 4.99. The molecule has 0 aliphatic rings. The SMILES string of the molecule is CC=C(C=C(C)C=CCCC=C(C)C(=O)CC#N)C(=O)OC(C)(C)C. The summed E-state index contributed by atoms with van der Waals surface area (Å²) in [5.41, 5.74) is 1.58. The zero-order valence-corrected chi connectivity index (χ0v) is 16.2. The van der Waals surface area contributed by atoms with Crippen LogP contribution in [0.2, 0.25) is 0 Å². The van der Waals surface area contributed by atoms with Crippen LogP contribution in [-0.2, 0) is 14.3 Å². The first-order valence-electron chi connectivity index (χ1n) is 8.42. The molecular weight excluding hydrogens is 314 g/mol. The van der Waals surface area contributed by atoms with Crippen LogP contribution in [0.15, 0.2) is 47.1 Å². The van der Waals surface area contributed by atoms with Crippen molar-refractivity contribution in [3.05, 3.63) is 47.1 Å². The van der Waals surface area contributed by atoms with E-state index in [-0.39, 0.29) is 18.2 Å². The molecule has 136 valence electrons. The Hall–Kier alpha value is -2.41. The zero-order chi connectivity index (χ0) is 19.5. The van der Waals surface area contributed by atoms with Crippen LogP contribution in [0.4, 0.5) is 0 Å². The molecule has 0 bridgehead atoms. The number of nitrogens with zero attached hydrogens (tertiary/aromatic N) is 1. The van der Waals surface area contributed by atoms with Crippen molar-refractivity contribution in [2.45, 2.75) is 66.4 Å². The number of rotatable bonds is 8. The Morgan fingerprint density at radius 3 is 2.32 bits per heavy atom. The lowest BCUT2D eigenvalue weighted by molar-refractivity contribution is -0.149. The van der Waals surface area contributed by atoms with Crippen LogP contribution >= 0.6 is 0 Å². The lowest BCUT2D eigenvalue weighted by atomic mass is 10.1. The van der Waals surface area contributed by atoms with E-state index in [1.165, 1.54) is 0 Å². The van der Waals surface area contributed by atoms with E-state index in [4.69, 9.17) is 10.00 Å². The molecule has 0 heterocycles. The van der Waals surface area contributed by atoms with Gasteiger partial charge in [0.15, 0.2) is 5.78 Å². The van der Waals surface area contributed by atoms with Crippen LogP contribution in [0.1, 0.15) is 60.8 Å². The number of Topliss-reactive ketones (excluding diaryl/α,β-unsaturated/α-hetero) is 1. The summed E-state index contributed by atoms with van der Waals surface area (Å²) in [6.07, 6.45) is 10.7. The number of ketones is 1. The number of esters is 1. The van der Waals surface area contributed by atoms with E-state index in [1.54, 1.807) is 26.0 Å². The number of hydrogen-bond acceptors (Lipinski definition) is 4. The second-order valence-corrected chi connectivity index (χ2v) is 6.76. The van der Waals surface area contributed by atoms with E-state index in [9.17, 15) is 9.59 Å². The second kappa shape index (κ2) is 11.2. The fourth-order valence-corrected chi connectivity index (χ4v) is 1.88. The highest BCUT2D eigenvalue weighted by Gasteiger charge is 2.18. The number of hydrogen-bond donors (Lipinski definition) is 0. The van der Waals surface area contributed by atoms with Crippen LogP contribution in [0.5, 0.6) is 0 Å². The molecule has 0 aromatic rings. The largest absolute Gasteiger partial charge is 0.456 e. The molecule has 0 aliphatic heterocycles. The Morgan fingerprint density at radius 2 is 1.80 bits per heavy atom. The van der Waals surface area contributed by atoms with Crippen LogP contribution < -0.4 is 0 Å². The minimum Gasteiger partial charge on any atom is -0.456 e. The molecule has 4 heteroatoms. The molecule has 0 rings (SSSR count). The minimum atomic E-state index is -0.518. The third kappa shape index (κ3) is 10.9. The first-order chi connectivity index (χ1) is 11.6. The van der Waals surface area contributed by atoms with Crippen molar-refractivity contribution in [1.82, 2.24) is 0 Å². The Kier molecular flexibility index (Phi) is 10.1. The molecule has 0 fully saturated rings. The van der Waals surface area contributed by atoms with Crippen LogP contribution in [0.3, 0.4) is 0 Å². The van der Waals surface area contributed by atoms with Gasteiger partial charge >= 0.3 is 5.97 Å². The molecule has 4 nitrogen and oxygen atoms in total. The highest BCUT2D eigenvalue weighted by Crippen LogP contribution is 2.13. The molecule has 0 aromatic heterocycles. The quantitative estimate of drug-likeness (QED) is 0.269. The summed E-state index contributed by atoms with van der Waals surface area (Å²) in [4.78, 5) is 23.5. The van der Waals surface area contributed by atoms with Gasteiger partial charge < -0.3 is 4.74 Å². The summed E-state index contributed by atoms with van der Waals surface area (Å²) >= 11 is 0. The Balaban J connectivity index is 4.63. The van der Waals surface area contributed by atoms with E-state index in [2.05, 4.69) is 0 Å². The van der Waals surface area contributed by atoms with Crippen molar-refractivity contribution in [2.24, 2.45) is 0 Å². The standard InChI is InChI=1S/C21H29NO3/c1-7-18(20(24)25-21(4,5)6)15-16(2)11-9-8-10-12-17(3)19(23)13-14-22/h7,9,11-12,15H,8,10,13H2,1-6H3. The maximum Gasteiger partial charge on any atom is 0.338 e. The predicted molar refractivity (Wildman–Crippen MR) is 101 cm³/mol. The maximum atomic E-state index is 12.1. The zero-order valence-electron chi connectivity index (χ0n) is 16.2. The number of allylic oxidation sites excluding steroid dienone is 6. The average molecular weight is 343 g/mol. The monoisotopic (exact) mass is 343 g/mol. The maximum absolute atomic E-state index is 12.1. The molecule has 0 radical (unpaired) electrons. The van der Waals surface area contributed by atoms with Gasteiger partial charge in [0.05, 0.1) is 18.1 Å². The molecular formula is C21H29NO3. The van der Waals surface area contributed by atoms with Crippen LogP contribution in [0, 0.1) is 11.3 Å². The molecule has 0 saturated heterocycles. The van der Waals surface area contributed by atoms with Crippen molar-refractivity contribution in [3.63, 3.8) is 0 Å².